The van der Waals surface area contributed by atoms with Crippen LogP contribution >= 0.6 is 0 Å². The zero-order chi connectivity index (χ0) is 20.6. The highest BCUT2D eigenvalue weighted by molar-refractivity contribution is 6.17. The van der Waals surface area contributed by atoms with Gasteiger partial charge in [0, 0.05) is 5.92 Å². The van der Waals surface area contributed by atoms with Crippen molar-refractivity contribution in [3.63, 3.8) is 0 Å². The van der Waals surface area contributed by atoms with Gasteiger partial charge in [0.25, 0.3) is 0 Å². The maximum absolute atomic E-state index is 13.3. The first-order valence-electron chi connectivity index (χ1n) is 9.16. The average Bonchev–Trinajstić information content (AvgIpc) is 2.85. The molecule has 0 spiro atoms. The number of benzene rings is 1. The van der Waals surface area contributed by atoms with Crippen LogP contribution in [-0.2, 0) is 14.3 Å². The molecule has 150 valence electrons. The molecule has 2 aliphatic carbocycles. The summed E-state index contributed by atoms with van der Waals surface area (Å²) in [5, 5.41) is 0. The van der Waals surface area contributed by atoms with Crippen molar-refractivity contribution in [2.24, 2.45) is 17.3 Å². The van der Waals surface area contributed by atoms with Gasteiger partial charge in [0.05, 0.1) is 39.8 Å². The van der Waals surface area contributed by atoms with E-state index in [2.05, 4.69) is 6.58 Å². The first-order valence-corrected chi connectivity index (χ1v) is 9.16. The van der Waals surface area contributed by atoms with Crippen molar-refractivity contribution in [2.45, 2.75) is 19.3 Å². The minimum absolute atomic E-state index is 0.0792. The predicted molar refractivity (Wildman–Crippen MR) is 104 cm³/mol. The van der Waals surface area contributed by atoms with Gasteiger partial charge in [-0.1, -0.05) is 13.0 Å². The van der Waals surface area contributed by atoms with Crippen molar-refractivity contribution in [1.29, 1.82) is 0 Å². The SMILES string of the molecule is C=CC[C@]12C=C(OC)C(=O)[C@@H](C1=O)[C@@H](c1cc(OC)c(OC)c(OC)c1)[C@@H]2C. The van der Waals surface area contributed by atoms with Gasteiger partial charge < -0.3 is 18.9 Å². The highest BCUT2D eigenvalue weighted by Crippen LogP contribution is 2.59. The Labute approximate surface area is 165 Å². The van der Waals surface area contributed by atoms with Crippen LogP contribution in [0, 0.1) is 17.3 Å². The Bertz CT molecular complexity index is 830. The van der Waals surface area contributed by atoms with Crippen LogP contribution in [0.4, 0.5) is 0 Å². The number of ketones is 2. The van der Waals surface area contributed by atoms with E-state index in [1.165, 1.54) is 28.4 Å². The summed E-state index contributed by atoms with van der Waals surface area (Å²) in [4.78, 5) is 26.3. The van der Waals surface area contributed by atoms with Crippen LogP contribution in [0.15, 0.2) is 36.6 Å². The van der Waals surface area contributed by atoms with Crippen LogP contribution in [0.25, 0.3) is 0 Å². The highest BCUT2D eigenvalue weighted by Gasteiger charge is 2.62. The standard InChI is InChI=1S/C22H26O6/c1-7-8-22-11-16(27-5)19(23)18(21(22)24)17(12(22)2)13-9-14(25-3)20(28-6)15(10-13)26-4/h7,9-12,17-18H,1,8H2,2-6H3/t12-,17+,18-,22+/m0/s1. The molecule has 0 saturated heterocycles. The molecule has 6 heteroatoms. The van der Waals surface area contributed by atoms with Crippen molar-refractivity contribution in [2.75, 3.05) is 28.4 Å². The van der Waals surface area contributed by atoms with Gasteiger partial charge in [-0.15, -0.1) is 6.58 Å². The maximum Gasteiger partial charge on any atom is 0.208 e. The van der Waals surface area contributed by atoms with Gasteiger partial charge in [0.1, 0.15) is 0 Å². The highest BCUT2D eigenvalue weighted by atomic mass is 16.5. The summed E-state index contributed by atoms with van der Waals surface area (Å²) in [7, 11) is 6.07. The molecule has 1 aromatic carbocycles. The third kappa shape index (κ3) is 2.62. The molecule has 3 rings (SSSR count). The Hall–Kier alpha value is -2.76. The fourth-order valence-corrected chi connectivity index (χ4v) is 4.75. The molecular formula is C22H26O6. The Morgan fingerprint density at radius 2 is 1.64 bits per heavy atom. The van der Waals surface area contributed by atoms with E-state index in [0.717, 1.165) is 5.56 Å². The monoisotopic (exact) mass is 386 g/mol. The number of Topliss-reactive ketones (excluding diaryl/α,β-unsaturated/α-hetero) is 2. The van der Waals surface area contributed by atoms with E-state index in [1.807, 2.05) is 19.1 Å². The van der Waals surface area contributed by atoms with E-state index >= 15 is 0 Å². The van der Waals surface area contributed by atoms with Crippen molar-refractivity contribution < 1.29 is 28.5 Å². The summed E-state index contributed by atoms with van der Waals surface area (Å²) < 4.78 is 21.6. The molecule has 0 aromatic heterocycles. The summed E-state index contributed by atoms with van der Waals surface area (Å²) in [5.41, 5.74) is -0.0121. The fraction of sp³-hybridized carbons (Fsp3) is 0.455. The van der Waals surface area contributed by atoms with Crippen molar-refractivity contribution in [1.82, 2.24) is 0 Å². The average molecular weight is 386 g/mol. The van der Waals surface area contributed by atoms with E-state index < -0.39 is 11.3 Å². The lowest BCUT2D eigenvalue weighted by atomic mass is 9.71. The molecule has 0 aliphatic heterocycles. The van der Waals surface area contributed by atoms with Crippen LogP contribution < -0.4 is 14.2 Å². The second-order valence-corrected chi connectivity index (χ2v) is 7.23. The second-order valence-electron chi connectivity index (χ2n) is 7.23. The molecule has 1 aromatic rings. The Morgan fingerprint density at radius 1 is 1.04 bits per heavy atom. The smallest absolute Gasteiger partial charge is 0.208 e. The third-order valence-electron chi connectivity index (χ3n) is 6.14. The molecule has 1 fully saturated rings. The summed E-state index contributed by atoms with van der Waals surface area (Å²) in [6.07, 6.45) is 3.87. The Morgan fingerprint density at radius 3 is 2.11 bits per heavy atom. The summed E-state index contributed by atoms with van der Waals surface area (Å²) in [6, 6.07) is 3.63. The number of carbonyl (C=O) groups excluding carboxylic acids is 2. The molecule has 0 heterocycles. The predicted octanol–water partition coefficient (Wildman–Crippen LogP) is 3.31. The minimum Gasteiger partial charge on any atom is -0.493 e. The molecule has 2 aliphatic rings. The van der Waals surface area contributed by atoms with Gasteiger partial charge in [-0.05, 0) is 36.1 Å². The molecule has 0 N–H and O–H groups in total. The number of carbonyl (C=O) groups is 2. The van der Waals surface area contributed by atoms with Crippen molar-refractivity contribution >= 4 is 11.6 Å². The van der Waals surface area contributed by atoms with Crippen LogP contribution in [0.5, 0.6) is 17.2 Å². The van der Waals surface area contributed by atoms with E-state index in [4.69, 9.17) is 18.9 Å². The van der Waals surface area contributed by atoms with Gasteiger partial charge in [0.15, 0.2) is 23.0 Å². The lowest BCUT2D eigenvalue weighted by Gasteiger charge is -2.31. The molecule has 6 nitrogen and oxygen atoms in total. The molecule has 0 radical (unpaired) electrons. The van der Waals surface area contributed by atoms with Crippen LogP contribution in [0.2, 0.25) is 0 Å². The van der Waals surface area contributed by atoms with Crippen molar-refractivity contribution in [3.05, 3.63) is 42.2 Å². The number of hydrogen-bond acceptors (Lipinski definition) is 6. The number of hydrogen-bond donors (Lipinski definition) is 0. The first kappa shape index (κ1) is 20.0. The Balaban J connectivity index is 2.21. The lowest BCUT2D eigenvalue weighted by Crippen LogP contribution is -2.38. The fourth-order valence-electron chi connectivity index (χ4n) is 4.75. The van der Waals surface area contributed by atoms with E-state index in [0.29, 0.717) is 23.7 Å². The molecule has 0 amide bonds. The summed E-state index contributed by atoms with van der Waals surface area (Å²) in [6.45, 7) is 5.81. The van der Waals surface area contributed by atoms with Crippen LogP contribution in [-0.4, -0.2) is 40.0 Å². The molecular weight excluding hydrogens is 360 g/mol. The molecule has 28 heavy (non-hydrogen) atoms. The largest absolute Gasteiger partial charge is 0.493 e. The molecule has 4 atom stereocenters. The van der Waals surface area contributed by atoms with Gasteiger partial charge >= 0.3 is 0 Å². The van der Waals surface area contributed by atoms with E-state index in [-0.39, 0.29) is 29.2 Å². The van der Waals surface area contributed by atoms with Gasteiger partial charge in [-0.3, -0.25) is 9.59 Å². The topological polar surface area (TPSA) is 71.1 Å². The van der Waals surface area contributed by atoms with Crippen molar-refractivity contribution in [3.8, 4) is 17.2 Å². The Kier molecular flexibility index (Phi) is 5.24. The molecule has 0 unspecified atom stereocenters. The maximum atomic E-state index is 13.3. The lowest BCUT2D eigenvalue weighted by molar-refractivity contribution is -0.136. The third-order valence-corrected chi connectivity index (χ3v) is 6.14. The molecule has 1 saturated carbocycles. The number of allylic oxidation sites excluding steroid dienone is 3. The zero-order valence-electron chi connectivity index (χ0n) is 16.9. The number of methoxy groups -OCH3 is 4. The normalized spacial score (nSPS) is 28.6. The zero-order valence-corrected chi connectivity index (χ0v) is 16.9. The van der Waals surface area contributed by atoms with Crippen LogP contribution in [0.3, 0.4) is 0 Å². The first-order chi connectivity index (χ1) is 13.4. The molecule has 2 bridgehead atoms. The number of ether oxygens (including phenoxy) is 4. The summed E-state index contributed by atoms with van der Waals surface area (Å²) >= 11 is 0. The van der Waals surface area contributed by atoms with E-state index in [1.54, 1.807) is 12.2 Å². The number of rotatable bonds is 7. The minimum atomic E-state index is -0.809. The van der Waals surface area contributed by atoms with Gasteiger partial charge in [-0.25, -0.2) is 0 Å². The quantitative estimate of drug-likeness (QED) is 0.529. The van der Waals surface area contributed by atoms with Gasteiger partial charge in [0.2, 0.25) is 11.5 Å². The number of fused-ring (bicyclic) bond motifs is 2. The van der Waals surface area contributed by atoms with Gasteiger partial charge in [-0.2, -0.15) is 0 Å². The summed E-state index contributed by atoms with van der Waals surface area (Å²) in [5.74, 6) is 0.0494. The second kappa shape index (κ2) is 7.34. The van der Waals surface area contributed by atoms with E-state index in [9.17, 15) is 9.59 Å². The van der Waals surface area contributed by atoms with Crippen LogP contribution in [0.1, 0.15) is 24.8 Å².